The molecule has 0 fully saturated rings. The van der Waals surface area contributed by atoms with Gasteiger partial charge in [0.25, 0.3) is 5.91 Å². The van der Waals surface area contributed by atoms with Crippen LogP contribution in [0, 0.1) is 0 Å². The van der Waals surface area contributed by atoms with Gasteiger partial charge in [0.1, 0.15) is 0 Å². The van der Waals surface area contributed by atoms with Crippen LogP contribution < -0.4 is 14.8 Å². The maximum atomic E-state index is 12.3. The SMILES string of the molecule is CCOc1c(Br)cc(C(=O)Nc2ccccc2)cc1OC. The molecular weight excluding hydrogens is 334 g/mol. The minimum Gasteiger partial charge on any atom is -0.493 e. The molecule has 0 bridgehead atoms. The van der Waals surface area contributed by atoms with Crippen LogP contribution in [0.1, 0.15) is 17.3 Å². The summed E-state index contributed by atoms with van der Waals surface area (Å²) in [7, 11) is 1.54. The van der Waals surface area contributed by atoms with Gasteiger partial charge in [-0.1, -0.05) is 18.2 Å². The van der Waals surface area contributed by atoms with E-state index >= 15 is 0 Å². The molecule has 2 aromatic carbocycles. The molecule has 0 saturated carbocycles. The highest BCUT2D eigenvalue weighted by atomic mass is 79.9. The van der Waals surface area contributed by atoms with E-state index in [1.54, 1.807) is 19.2 Å². The number of methoxy groups -OCH3 is 1. The Morgan fingerprint density at radius 1 is 1.24 bits per heavy atom. The first-order valence-corrected chi connectivity index (χ1v) is 7.31. The van der Waals surface area contributed by atoms with Crippen molar-refractivity contribution in [3.63, 3.8) is 0 Å². The maximum Gasteiger partial charge on any atom is 0.255 e. The summed E-state index contributed by atoms with van der Waals surface area (Å²) in [5.41, 5.74) is 1.23. The fourth-order valence-corrected chi connectivity index (χ4v) is 2.42. The predicted molar refractivity (Wildman–Crippen MR) is 86.3 cm³/mol. The molecule has 21 heavy (non-hydrogen) atoms. The summed E-state index contributed by atoms with van der Waals surface area (Å²) < 4.78 is 11.5. The summed E-state index contributed by atoms with van der Waals surface area (Å²) in [6, 6.07) is 12.7. The lowest BCUT2D eigenvalue weighted by atomic mass is 10.2. The van der Waals surface area contributed by atoms with Crippen LogP contribution in [0.25, 0.3) is 0 Å². The molecule has 4 nitrogen and oxygen atoms in total. The van der Waals surface area contributed by atoms with Crippen molar-refractivity contribution in [2.75, 3.05) is 19.0 Å². The predicted octanol–water partition coefficient (Wildman–Crippen LogP) is 4.11. The summed E-state index contributed by atoms with van der Waals surface area (Å²) in [6.07, 6.45) is 0. The number of hydrogen-bond donors (Lipinski definition) is 1. The molecule has 0 aliphatic carbocycles. The van der Waals surface area contributed by atoms with Crippen molar-refractivity contribution in [1.29, 1.82) is 0 Å². The van der Waals surface area contributed by atoms with Gasteiger partial charge in [-0.15, -0.1) is 0 Å². The second kappa shape index (κ2) is 7.13. The minimum absolute atomic E-state index is 0.205. The Balaban J connectivity index is 2.27. The fourth-order valence-electron chi connectivity index (χ4n) is 1.86. The Morgan fingerprint density at radius 3 is 2.57 bits per heavy atom. The van der Waals surface area contributed by atoms with Crippen molar-refractivity contribution < 1.29 is 14.3 Å². The minimum atomic E-state index is -0.205. The number of amides is 1. The van der Waals surface area contributed by atoms with Gasteiger partial charge in [0.2, 0.25) is 0 Å². The highest BCUT2D eigenvalue weighted by Crippen LogP contribution is 2.36. The third-order valence-electron chi connectivity index (χ3n) is 2.81. The van der Waals surface area contributed by atoms with Gasteiger partial charge >= 0.3 is 0 Å². The molecule has 0 radical (unpaired) electrons. The Kier molecular flexibility index (Phi) is 5.22. The number of benzene rings is 2. The van der Waals surface area contributed by atoms with Gasteiger partial charge in [0.15, 0.2) is 11.5 Å². The number of halogens is 1. The van der Waals surface area contributed by atoms with Gasteiger partial charge in [-0.2, -0.15) is 0 Å². The largest absolute Gasteiger partial charge is 0.493 e. The molecule has 0 atom stereocenters. The monoisotopic (exact) mass is 349 g/mol. The molecule has 2 aromatic rings. The van der Waals surface area contributed by atoms with E-state index in [9.17, 15) is 4.79 Å². The van der Waals surface area contributed by atoms with Gasteiger partial charge in [0.05, 0.1) is 18.2 Å². The van der Waals surface area contributed by atoms with Crippen molar-refractivity contribution >= 4 is 27.5 Å². The topological polar surface area (TPSA) is 47.6 Å². The molecule has 1 amide bonds. The van der Waals surface area contributed by atoms with Gasteiger partial charge in [-0.3, -0.25) is 4.79 Å². The van der Waals surface area contributed by atoms with Crippen LogP contribution in [-0.4, -0.2) is 19.6 Å². The van der Waals surface area contributed by atoms with Crippen LogP contribution in [0.3, 0.4) is 0 Å². The Hall–Kier alpha value is -2.01. The van der Waals surface area contributed by atoms with Crippen molar-refractivity contribution in [2.24, 2.45) is 0 Å². The zero-order valence-electron chi connectivity index (χ0n) is 11.9. The molecule has 0 spiro atoms. The van der Waals surface area contributed by atoms with Gasteiger partial charge in [0, 0.05) is 11.3 Å². The van der Waals surface area contributed by atoms with E-state index in [-0.39, 0.29) is 5.91 Å². The van der Waals surface area contributed by atoms with Crippen LogP contribution in [0.5, 0.6) is 11.5 Å². The van der Waals surface area contributed by atoms with E-state index in [0.717, 1.165) is 5.69 Å². The number of nitrogens with one attached hydrogen (secondary N) is 1. The Morgan fingerprint density at radius 2 is 1.95 bits per heavy atom. The van der Waals surface area contributed by atoms with Crippen LogP contribution >= 0.6 is 15.9 Å². The molecule has 0 aromatic heterocycles. The average Bonchev–Trinajstić information content (AvgIpc) is 2.50. The molecule has 0 unspecified atom stereocenters. The summed E-state index contributed by atoms with van der Waals surface area (Å²) in [5.74, 6) is 0.906. The lowest BCUT2D eigenvalue weighted by Crippen LogP contribution is -2.12. The standard InChI is InChI=1S/C16H16BrNO3/c1-3-21-15-13(17)9-11(10-14(15)20-2)16(19)18-12-7-5-4-6-8-12/h4-10H,3H2,1-2H3,(H,18,19). The summed E-state index contributed by atoms with van der Waals surface area (Å²) >= 11 is 3.41. The lowest BCUT2D eigenvalue weighted by molar-refractivity contribution is 0.102. The number of carbonyl (C=O) groups is 1. The molecule has 2 rings (SSSR count). The van der Waals surface area contributed by atoms with E-state index in [2.05, 4.69) is 21.2 Å². The molecule has 5 heteroatoms. The number of ether oxygens (including phenoxy) is 2. The van der Waals surface area contributed by atoms with Crippen LogP contribution in [0.2, 0.25) is 0 Å². The fraction of sp³-hybridized carbons (Fsp3) is 0.188. The van der Waals surface area contributed by atoms with E-state index in [1.165, 1.54) is 0 Å². The van der Waals surface area contributed by atoms with Gasteiger partial charge in [-0.05, 0) is 47.1 Å². The number of rotatable bonds is 5. The highest BCUT2D eigenvalue weighted by Gasteiger charge is 2.15. The molecule has 110 valence electrons. The average molecular weight is 350 g/mol. The number of carbonyl (C=O) groups excluding carboxylic acids is 1. The first kappa shape index (κ1) is 15.4. The van der Waals surface area contributed by atoms with Crippen LogP contribution in [-0.2, 0) is 0 Å². The molecule has 0 aliphatic heterocycles. The summed E-state index contributed by atoms with van der Waals surface area (Å²) in [6.45, 7) is 2.41. The molecule has 0 heterocycles. The number of anilines is 1. The lowest BCUT2D eigenvalue weighted by Gasteiger charge is -2.13. The number of para-hydroxylation sites is 1. The van der Waals surface area contributed by atoms with E-state index < -0.39 is 0 Å². The van der Waals surface area contributed by atoms with E-state index in [0.29, 0.717) is 28.1 Å². The number of hydrogen-bond acceptors (Lipinski definition) is 3. The molecule has 0 aliphatic rings. The Bertz CT molecular complexity index is 629. The van der Waals surface area contributed by atoms with E-state index in [4.69, 9.17) is 9.47 Å². The third-order valence-corrected chi connectivity index (χ3v) is 3.40. The van der Waals surface area contributed by atoms with Crippen molar-refractivity contribution in [3.8, 4) is 11.5 Å². The molecule has 1 N–H and O–H groups in total. The zero-order chi connectivity index (χ0) is 15.2. The smallest absolute Gasteiger partial charge is 0.255 e. The van der Waals surface area contributed by atoms with Crippen molar-refractivity contribution in [3.05, 3.63) is 52.5 Å². The van der Waals surface area contributed by atoms with Crippen molar-refractivity contribution in [1.82, 2.24) is 0 Å². The first-order chi connectivity index (χ1) is 10.2. The zero-order valence-corrected chi connectivity index (χ0v) is 13.4. The second-order valence-electron chi connectivity index (χ2n) is 4.24. The quantitative estimate of drug-likeness (QED) is 0.883. The molecule has 0 saturated heterocycles. The van der Waals surface area contributed by atoms with Crippen LogP contribution in [0.15, 0.2) is 46.9 Å². The van der Waals surface area contributed by atoms with Gasteiger partial charge in [-0.25, -0.2) is 0 Å². The maximum absolute atomic E-state index is 12.3. The van der Waals surface area contributed by atoms with Crippen LogP contribution in [0.4, 0.5) is 5.69 Å². The highest BCUT2D eigenvalue weighted by molar-refractivity contribution is 9.10. The van der Waals surface area contributed by atoms with Crippen molar-refractivity contribution in [2.45, 2.75) is 6.92 Å². The first-order valence-electron chi connectivity index (χ1n) is 6.52. The second-order valence-corrected chi connectivity index (χ2v) is 5.10. The Labute approximate surface area is 132 Å². The third kappa shape index (κ3) is 3.76. The normalized spacial score (nSPS) is 10.0. The van der Waals surface area contributed by atoms with E-state index in [1.807, 2.05) is 37.3 Å². The summed E-state index contributed by atoms with van der Waals surface area (Å²) in [4.78, 5) is 12.3. The summed E-state index contributed by atoms with van der Waals surface area (Å²) in [5, 5.41) is 2.83. The van der Waals surface area contributed by atoms with Gasteiger partial charge < -0.3 is 14.8 Å². The molecular formula is C16H16BrNO3.